The van der Waals surface area contributed by atoms with E-state index in [0.717, 1.165) is 11.4 Å². The van der Waals surface area contributed by atoms with Crippen molar-refractivity contribution in [3.8, 4) is 0 Å². The van der Waals surface area contributed by atoms with Gasteiger partial charge in [-0.3, -0.25) is 0 Å². The first-order valence-electron chi connectivity index (χ1n) is 7.70. The molecule has 0 radical (unpaired) electrons. The number of nitrogens with one attached hydrogen (secondary N) is 1. The molecule has 6 nitrogen and oxygen atoms in total. The van der Waals surface area contributed by atoms with Crippen LogP contribution in [0.5, 0.6) is 0 Å². The van der Waals surface area contributed by atoms with Crippen LogP contribution >= 0.6 is 0 Å². The smallest absolute Gasteiger partial charge is 0.232 e. The molecule has 0 saturated heterocycles. The van der Waals surface area contributed by atoms with Crippen molar-refractivity contribution in [3.63, 3.8) is 0 Å². The van der Waals surface area contributed by atoms with Gasteiger partial charge in [0.25, 0.3) is 0 Å². The van der Waals surface area contributed by atoms with Gasteiger partial charge in [-0.05, 0) is 31.2 Å². The largest absolute Gasteiger partial charge is 0.368 e. The normalized spacial score (nSPS) is 10.4. The molecule has 0 fully saturated rings. The summed E-state index contributed by atoms with van der Waals surface area (Å²) in [5.74, 6) is 1.27. The van der Waals surface area contributed by atoms with E-state index in [0.29, 0.717) is 18.3 Å². The standard InChI is InChI=1S/C18H20N6/c1-13-8-10-14(11-9-13)20-18-22-16(21-17(19)23-18)12-24(2)15-6-4-3-5-7-15/h3-11H,12H2,1-2H3,(H3,19,20,21,22,23). The van der Waals surface area contributed by atoms with Crippen LogP contribution in [0.2, 0.25) is 0 Å². The molecular formula is C18H20N6. The molecule has 122 valence electrons. The van der Waals surface area contributed by atoms with Gasteiger partial charge in [0.05, 0.1) is 6.54 Å². The summed E-state index contributed by atoms with van der Waals surface area (Å²) in [4.78, 5) is 14.9. The van der Waals surface area contributed by atoms with E-state index in [-0.39, 0.29) is 5.95 Å². The van der Waals surface area contributed by atoms with Crippen molar-refractivity contribution in [2.45, 2.75) is 13.5 Å². The lowest BCUT2D eigenvalue weighted by Crippen LogP contribution is -2.19. The topological polar surface area (TPSA) is 80.0 Å². The number of aromatic nitrogens is 3. The van der Waals surface area contributed by atoms with E-state index in [1.165, 1.54) is 5.56 Å². The molecule has 0 aliphatic rings. The number of anilines is 4. The summed E-state index contributed by atoms with van der Waals surface area (Å²) < 4.78 is 0. The summed E-state index contributed by atoms with van der Waals surface area (Å²) in [6.45, 7) is 2.58. The molecule has 0 amide bonds. The van der Waals surface area contributed by atoms with Crippen LogP contribution in [0.15, 0.2) is 54.6 Å². The average Bonchev–Trinajstić information content (AvgIpc) is 2.57. The summed E-state index contributed by atoms with van der Waals surface area (Å²) in [6, 6.07) is 18.1. The van der Waals surface area contributed by atoms with E-state index in [1.807, 2.05) is 68.6 Å². The van der Waals surface area contributed by atoms with Crippen molar-refractivity contribution < 1.29 is 0 Å². The second kappa shape index (κ2) is 6.95. The van der Waals surface area contributed by atoms with Gasteiger partial charge in [-0.1, -0.05) is 35.9 Å². The molecule has 3 aromatic rings. The summed E-state index contributed by atoms with van der Waals surface area (Å²) in [7, 11) is 1.99. The highest BCUT2D eigenvalue weighted by atomic mass is 15.2. The van der Waals surface area contributed by atoms with E-state index < -0.39 is 0 Å². The molecule has 6 heteroatoms. The molecule has 3 rings (SSSR count). The summed E-state index contributed by atoms with van der Waals surface area (Å²) >= 11 is 0. The fourth-order valence-corrected chi connectivity index (χ4v) is 2.32. The highest BCUT2D eigenvalue weighted by molar-refractivity contribution is 5.54. The van der Waals surface area contributed by atoms with Gasteiger partial charge < -0.3 is 16.0 Å². The zero-order valence-corrected chi connectivity index (χ0v) is 13.8. The Balaban J connectivity index is 1.77. The first kappa shape index (κ1) is 15.7. The quantitative estimate of drug-likeness (QED) is 0.752. The van der Waals surface area contributed by atoms with Crippen LogP contribution in [-0.2, 0) is 6.54 Å². The third-order valence-corrected chi connectivity index (χ3v) is 3.58. The molecule has 0 unspecified atom stereocenters. The fraction of sp³-hybridized carbons (Fsp3) is 0.167. The third-order valence-electron chi connectivity index (χ3n) is 3.58. The number of nitrogen functional groups attached to an aromatic ring is 1. The van der Waals surface area contributed by atoms with E-state index in [9.17, 15) is 0 Å². The Morgan fingerprint density at radius 2 is 1.67 bits per heavy atom. The molecule has 0 aliphatic heterocycles. The maximum Gasteiger partial charge on any atom is 0.232 e. The molecule has 0 saturated carbocycles. The van der Waals surface area contributed by atoms with Gasteiger partial charge in [0.2, 0.25) is 11.9 Å². The Hall–Kier alpha value is -3.15. The number of nitrogens with two attached hydrogens (primary N) is 1. The van der Waals surface area contributed by atoms with E-state index in [4.69, 9.17) is 5.73 Å². The van der Waals surface area contributed by atoms with Crippen molar-refractivity contribution in [1.29, 1.82) is 0 Å². The van der Waals surface area contributed by atoms with E-state index in [1.54, 1.807) is 0 Å². The van der Waals surface area contributed by atoms with Crippen LogP contribution in [0.25, 0.3) is 0 Å². The van der Waals surface area contributed by atoms with Crippen LogP contribution < -0.4 is 16.0 Å². The minimum atomic E-state index is 0.205. The third kappa shape index (κ3) is 3.98. The maximum atomic E-state index is 5.83. The molecule has 0 bridgehead atoms. The van der Waals surface area contributed by atoms with Crippen LogP contribution in [0, 0.1) is 6.92 Å². The Labute approximate surface area is 141 Å². The minimum Gasteiger partial charge on any atom is -0.368 e. The molecule has 0 atom stereocenters. The van der Waals surface area contributed by atoms with Crippen molar-refractivity contribution >= 4 is 23.3 Å². The first-order chi connectivity index (χ1) is 11.6. The van der Waals surface area contributed by atoms with Gasteiger partial charge >= 0.3 is 0 Å². The Kier molecular flexibility index (Phi) is 4.56. The zero-order valence-electron chi connectivity index (χ0n) is 13.8. The lowest BCUT2D eigenvalue weighted by atomic mass is 10.2. The second-order valence-electron chi connectivity index (χ2n) is 5.62. The minimum absolute atomic E-state index is 0.205. The maximum absolute atomic E-state index is 5.83. The Morgan fingerprint density at radius 3 is 2.38 bits per heavy atom. The predicted molar refractivity (Wildman–Crippen MR) is 97.3 cm³/mol. The number of hydrogen-bond donors (Lipinski definition) is 2. The molecular weight excluding hydrogens is 300 g/mol. The first-order valence-corrected chi connectivity index (χ1v) is 7.70. The average molecular weight is 320 g/mol. The van der Waals surface area contributed by atoms with Crippen molar-refractivity contribution in [1.82, 2.24) is 15.0 Å². The van der Waals surface area contributed by atoms with Gasteiger partial charge in [-0.2, -0.15) is 15.0 Å². The van der Waals surface area contributed by atoms with Crippen LogP contribution in [0.3, 0.4) is 0 Å². The molecule has 3 N–H and O–H groups in total. The van der Waals surface area contributed by atoms with E-state index in [2.05, 4.69) is 25.2 Å². The van der Waals surface area contributed by atoms with Gasteiger partial charge in [0.1, 0.15) is 0 Å². The van der Waals surface area contributed by atoms with E-state index >= 15 is 0 Å². The van der Waals surface area contributed by atoms with Crippen LogP contribution in [0.4, 0.5) is 23.3 Å². The van der Waals surface area contributed by atoms with Crippen LogP contribution in [0.1, 0.15) is 11.4 Å². The van der Waals surface area contributed by atoms with Gasteiger partial charge in [-0.25, -0.2) is 0 Å². The fourth-order valence-electron chi connectivity index (χ4n) is 2.32. The molecule has 0 spiro atoms. The number of aryl methyl sites for hydroxylation is 1. The van der Waals surface area contributed by atoms with Crippen molar-refractivity contribution in [2.24, 2.45) is 0 Å². The summed E-state index contributed by atoms with van der Waals surface area (Å²) in [5.41, 5.74) is 9.02. The summed E-state index contributed by atoms with van der Waals surface area (Å²) in [6.07, 6.45) is 0. The number of nitrogens with zero attached hydrogens (tertiary/aromatic N) is 4. The Morgan fingerprint density at radius 1 is 0.958 bits per heavy atom. The summed E-state index contributed by atoms with van der Waals surface area (Å²) in [5, 5.41) is 3.16. The SMILES string of the molecule is Cc1ccc(Nc2nc(N)nc(CN(C)c3ccccc3)n2)cc1. The highest BCUT2D eigenvalue weighted by Gasteiger charge is 2.08. The predicted octanol–water partition coefficient (Wildman–Crippen LogP) is 3.14. The lowest BCUT2D eigenvalue weighted by Gasteiger charge is -2.18. The van der Waals surface area contributed by atoms with Gasteiger partial charge in [0, 0.05) is 18.4 Å². The lowest BCUT2D eigenvalue weighted by molar-refractivity contribution is 0.828. The Bertz CT molecular complexity index is 801. The number of rotatable bonds is 5. The second-order valence-corrected chi connectivity index (χ2v) is 5.62. The molecule has 1 heterocycles. The van der Waals surface area contributed by atoms with Crippen LogP contribution in [-0.4, -0.2) is 22.0 Å². The highest BCUT2D eigenvalue weighted by Crippen LogP contribution is 2.16. The molecule has 1 aromatic heterocycles. The number of benzene rings is 2. The molecule has 0 aliphatic carbocycles. The molecule has 24 heavy (non-hydrogen) atoms. The monoisotopic (exact) mass is 320 g/mol. The van der Waals surface area contributed by atoms with Gasteiger partial charge in [0.15, 0.2) is 5.82 Å². The molecule has 2 aromatic carbocycles. The van der Waals surface area contributed by atoms with Crippen molar-refractivity contribution in [3.05, 3.63) is 66.0 Å². The zero-order chi connectivity index (χ0) is 16.9. The van der Waals surface area contributed by atoms with Gasteiger partial charge in [-0.15, -0.1) is 0 Å². The number of para-hydroxylation sites is 1. The number of hydrogen-bond acceptors (Lipinski definition) is 6. The van der Waals surface area contributed by atoms with Crippen molar-refractivity contribution in [2.75, 3.05) is 23.0 Å².